The van der Waals surface area contributed by atoms with E-state index in [9.17, 15) is 12.8 Å². The van der Waals surface area contributed by atoms with E-state index < -0.39 is 15.8 Å². The fourth-order valence-electron chi connectivity index (χ4n) is 2.68. The molecule has 0 saturated heterocycles. The number of hydrogen-bond acceptors (Lipinski definition) is 3. The van der Waals surface area contributed by atoms with Crippen molar-refractivity contribution in [1.82, 2.24) is 0 Å². The molecule has 0 saturated carbocycles. The minimum absolute atomic E-state index is 0.00787. The van der Waals surface area contributed by atoms with Crippen molar-refractivity contribution in [2.75, 3.05) is 11.8 Å². The summed E-state index contributed by atoms with van der Waals surface area (Å²) in [6.07, 6.45) is 0. The molecule has 0 aliphatic heterocycles. The Morgan fingerprint density at radius 1 is 0.889 bits per heavy atom. The Morgan fingerprint density at radius 3 is 2.19 bits per heavy atom. The first-order chi connectivity index (χ1) is 12.8. The number of nitrogens with one attached hydrogen (secondary N) is 1. The highest BCUT2D eigenvalue weighted by atomic mass is 32.2. The number of ether oxygens (including phenoxy) is 1. The third-order valence-electron chi connectivity index (χ3n) is 4.30. The lowest BCUT2D eigenvalue weighted by atomic mass is 10.0. The molecule has 3 rings (SSSR count). The zero-order valence-corrected chi connectivity index (χ0v) is 16.1. The summed E-state index contributed by atoms with van der Waals surface area (Å²) in [5, 5.41) is 0. The van der Waals surface area contributed by atoms with Gasteiger partial charge in [-0.1, -0.05) is 42.0 Å². The second-order valence-corrected chi connectivity index (χ2v) is 7.98. The van der Waals surface area contributed by atoms with Crippen LogP contribution < -0.4 is 9.46 Å². The lowest BCUT2D eigenvalue weighted by Gasteiger charge is -2.13. The van der Waals surface area contributed by atoms with E-state index in [1.54, 1.807) is 6.07 Å². The van der Waals surface area contributed by atoms with E-state index in [2.05, 4.69) is 4.72 Å². The summed E-state index contributed by atoms with van der Waals surface area (Å²) in [6.45, 7) is 3.82. The molecule has 0 unspecified atom stereocenters. The smallest absolute Gasteiger partial charge is 0.262 e. The SMILES string of the molecule is COc1ccc(S(=O)(=O)Nc2cc(-c3ccc(C)cc3)ccc2C)cc1F. The molecule has 0 aliphatic carbocycles. The van der Waals surface area contributed by atoms with Crippen LogP contribution in [0.4, 0.5) is 10.1 Å². The molecular weight excluding hydrogens is 365 g/mol. The predicted molar refractivity (Wildman–Crippen MR) is 105 cm³/mol. The normalized spacial score (nSPS) is 11.3. The van der Waals surface area contributed by atoms with Crippen LogP contribution in [0.3, 0.4) is 0 Å². The van der Waals surface area contributed by atoms with Crippen molar-refractivity contribution in [3.8, 4) is 16.9 Å². The summed E-state index contributed by atoms with van der Waals surface area (Å²) in [5.41, 5.74) is 4.23. The van der Waals surface area contributed by atoms with Gasteiger partial charge < -0.3 is 4.74 Å². The molecule has 4 nitrogen and oxygen atoms in total. The second kappa shape index (κ2) is 7.40. The van der Waals surface area contributed by atoms with Crippen molar-refractivity contribution in [3.05, 3.63) is 77.6 Å². The van der Waals surface area contributed by atoms with Gasteiger partial charge in [0.1, 0.15) is 0 Å². The van der Waals surface area contributed by atoms with Crippen LogP contribution in [-0.2, 0) is 10.0 Å². The van der Waals surface area contributed by atoms with E-state index in [4.69, 9.17) is 4.74 Å². The maximum absolute atomic E-state index is 13.9. The van der Waals surface area contributed by atoms with Gasteiger partial charge in [0.2, 0.25) is 0 Å². The maximum atomic E-state index is 13.9. The Balaban J connectivity index is 1.95. The van der Waals surface area contributed by atoms with Crippen molar-refractivity contribution in [2.24, 2.45) is 0 Å². The summed E-state index contributed by atoms with van der Waals surface area (Å²) in [4.78, 5) is -0.166. The molecule has 0 heterocycles. The minimum Gasteiger partial charge on any atom is -0.494 e. The zero-order valence-electron chi connectivity index (χ0n) is 15.3. The van der Waals surface area contributed by atoms with Gasteiger partial charge in [0.25, 0.3) is 10.0 Å². The fourth-order valence-corrected chi connectivity index (χ4v) is 3.81. The van der Waals surface area contributed by atoms with Crippen molar-refractivity contribution >= 4 is 15.7 Å². The first-order valence-corrected chi connectivity index (χ1v) is 9.82. The quantitative estimate of drug-likeness (QED) is 0.678. The summed E-state index contributed by atoms with van der Waals surface area (Å²) >= 11 is 0. The highest BCUT2D eigenvalue weighted by Crippen LogP contribution is 2.28. The monoisotopic (exact) mass is 385 g/mol. The molecule has 0 fully saturated rings. The van der Waals surface area contributed by atoms with E-state index in [-0.39, 0.29) is 10.6 Å². The van der Waals surface area contributed by atoms with Gasteiger partial charge in [0.15, 0.2) is 11.6 Å². The molecule has 0 aromatic heterocycles. The first kappa shape index (κ1) is 18.9. The highest BCUT2D eigenvalue weighted by Gasteiger charge is 2.18. The topological polar surface area (TPSA) is 55.4 Å². The largest absolute Gasteiger partial charge is 0.494 e. The number of anilines is 1. The van der Waals surface area contributed by atoms with Gasteiger partial charge in [-0.2, -0.15) is 0 Å². The summed E-state index contributed by atoms with van der Waals surface area (Å²) in [5.74, 6) is -0.739. The van der Waals surface area contributed by atoms with Crippen LogP contribution in [0.2, 0.25) is 0 Å². The molecule has 3 aromatic rings. The number of halogens is 1. The Labute approximate surface area is 158 Å². The predicted octanol–water partition coefficient (Wildman–Crippen LogP) is 4.92. The molecule has 3 aromatic carbocycles. The van der Waals surface area contributed by atoms with Crippen LogP contribution in [0.25, 0.3) is 11.1 Å². The molecule has 6 heteroatoms. The Hall–Kier alpha value is -2.86. The Bertz CT molecular complexity index is 1080. The number of benzene rings is 3. The summed E-state index contributed by atoms with van der Waals surface area (Å²) in [7, 11) is -2.61. The van der Waals surface area contributed by atoms with Crippen LogP contribution in [0.15, 0.2) is 65.6 Å². The second-order valence-electron chi connectivity index (χ2n) is 6.30. The lowest BCUT2D eigenvalue weighted by molar-refractivity contribution is 0.385. The average molecular weight is 385 g/mol. The van der Waals surface area contributed by atoms with E-state index in [0.29, 0.717) is 5.69 Å². The van der Waals surface area contributed by atoms with Crippen molar-refractivity contribution in [1.29, 1.82) is 0 Å². The molecule has 0 bridgehead atoms. The fraction of sp³-hybridized carbons (Fsp3) is 0.143. The third kappa shape index (κ3) is 4.11. The van der Waals surface area contributed by atoms with Gasteiger partial charge >= 0.3 is 0 Å². The molecular formula is C21H20FNO3S. The number of sulfonamides is 1. The van der Waals surface area contributed by atoms with E-state index >= 15 is 0 Å². The molecule has 0 aliphatic rings. The van der Waals surface area contributed by atoms with Gasteiger partial charge in [0, 0.05) is 0 Å². The van der Waals surface area contributed by atoms with E-state index in [1.807, 2.05) is 50.2 Å². The zero-order chi connectivity index (χ0) is 19.6. The van der Waals surface area contributed by atoms with Crippen molar-refractivity contribution in [2.45, 2.75) is 18.7 Å². The first-order valence-electron chi connectivity index (χ1n) is 8.34. The van der Waals surface area contributed by atoms with Crippen LogP contribution in [0, 0.1) is 19.7 Å². The number of aryl methyl sites for hydroxylation is 2. The minimum atomic E-state index is -3.93. The molecule has 0 spiro atoms. The average Bonchev–Trinajstić information content (AvgIpc) is 2.64. The summed E-state index contributed by atoms with van der Waals surface area (Å²) < 4.78 is 46.6. The van der Waals surface area contributed by atoms with E-state index in [0.717, 1.165) is 28.3 Å². The highest BCUT2D eigenvalue weighted by molar-refractivity contribution is 7.92. The van der Waals surface area contributed by atoms with Gasteiger partial charge in [0.05, 0.1) is 17.7 Å². The number of hydrogen-bond donors (Lipinski definition) is 1. The third-order valence-corrected chi connectivity index (χ3v) is 5.66. The van der Waals surface area contributed by atoms with Crippen molar-refractivity contribution in [3.63, 3.8) is 0 Å². The van der Waals surface area contributed by atoms with Gasteiger partial charge in [-0.05, 0) is 54.8 Å². The van der Waals surface area contributed by atoms with Gasteiger partial charge in [-0.3, -0.25) is 4.72 Å². The van der Waals surface area contributed by atoms with Crippen LogP contribution in [0.1, 0.15) is 11.1 Å². The molecule has 140 valence electrons. The van der Waals surface area contributed by atoms with Crippen LogP contribution >= 0.6 is 0 Å². The molecule has 27 heavy (non-hydrogen) atoms. The number of methoxy groups -OCH3 is 1. The Morgan fingerprint density at radius 2 is 1.56 bits per heavy atom. The number of rotatable bonds is 5. The van der Waals surface area contributed by atoms with Crippen molar-refractivity contribution < 1.29 is 17.5 Å². The molecule has 1 N–H and O–H groups in total. The Kier molecular flexibility index (Phi) is 5.19. The maximum Gasteiger partial charge on any atom is 0.262 e. The summed E-state index contributed by atoms with van der Waals surface area (Å²) in [6, 6.07) is 17.1. The molecule has 0 atom stereocenters. The standard InChI is InChI=1S/C21H20FNO3S/c1-14-4-7-16(8-5-14)17-9-6-15(2)20(12-17)23-27(24,25)18-10-11-21(26-3)19(22)13-18/h4-13,23H,1-3H3. The van der Waals surface area contributed by atoms with Crippen LogP contribution in [0.5, 0.6) is 5.75 Å². The van der Waals surface area contributed by atoms with Crippen LogP contribution in [-0.4, -0.2) is 15.5 Å². The van der Waals surface area contributed by atoms with Gasteiger partial charge in [-0.15, -0.1) is 0 Å². The molecule has 0 amide bonds. The molecule has 0 radical (unpaired) electrons. The van der Waals surface area contributed by atoms with E-state index in [1.165, 1.54) is 19.2 Å². The van der Waals surface area contributed by atoms with Gasteiger partial charge in [-0.25, -0.2) is 12.8 Å². The lowest BCUT2D eigenvalue weighted by Crippen LogP contribution is -2.14.